The van der Waals surface area contributed by atoms with E-state index in [4.69, 9.17) is 11.6 Å². The number of rotatable bonds is 4. The molecule has 0 aromatic carbocycles. The van der Waals surface area contributed by atoms with Gasteiger partial charge in [-0.3, -0.25) is 0 Å². The van der Waals surface area contributed by atoms with Gasteiger partial charge in [0, 0.05) is 5.88 Å². The minimum Gasteiger partial charge on any atom is -0.343 e. The maximum atomic E-state index is 5.42. The van der Waals surface area contributed by atoms with Crippen LogP contribution < -0.4 is 0 Å². The van der Waals surface area contributed by atoms with E-state index in [0.717, 1.165) is 18.7 Å². The van der Waals surface area contributed by atoms with Gasteiger partial charge in [-0.25, -0.2) is 0 Å². The van der Waals surface area contributed by atoms with Crippen LogP contribution in [-0.4, -0.2) is 5.88 Å². The van der Waals surface area contributed by atoms with Crippen LogP contribution in [0.5, 0.6) is 0 Å². The second kappa shape index (κ2) is 6.29. The Morgan fingerprint density at radius 2 is 1.86 bits per heavy atom. The van der Waals surface area contributed by atoms with Crippen LogP contribution in [-0.2, 0) is 0 Å². The van der Waals surface area contributed by atoms with Gasteiger partial charge in [-0.15, -0.1) is 11.6 Å². The number of alkyl halides is 1. The average Bonchev–Trinajstić information content (AvgIpc) is 1.69. The van der Waals surface area contributed by atoms with Crippen molar-refractivity contribution in [2.75, 3.05) is 5.88 Å². The van der Waals surface area contributed by atoms with Crippen LogP contribution in [0, 0.1) is 6.92 Å². The molecule has 0 unspecified atom stereocenters. The van der Waals surface area contributed by atoms with Crippen molar-refractivity contribution >= 4 is 11.6 Å². The molecule has 0 aliphatic rings. The zero-order valence-corrected chi connectivity index (χ0v) is 5.38. The largest absolute Gasteiger partial charge is 0.343 e. The van der Waals surface area contributed by atoms with Gasteiger partial charge in [0.1, 0.15) is 0 Å². The summed E-state index contributed by atoms with van der Waals surface area (Å²) in [5, 5.41) is 0. The lowest BCUT2D eigenvalue weighted by Gasteiger charge is -1.93. The molecule has 0 rings (SSSR count). The summed E-state index contributed by atoms with van der Waals surface area (Å²) in [4.78, 5) is 0. The molecule has 0 aromatic rings. The second-order valence-corrected chi connectivity index (χ2v) is 1.98. The van der Waals surface area contributed by atoms with E-state index in [0.29, 0.717) is 0 Å². The van der Waals surface area contributed by atoms with E-state index < -0.39 is 0 Å². The van der Waals surface area contributed by atoms with Crippen LogP contribution in [0.4, 0.5) is 0 Å². The quantitative estimate of drug-likeness (QED) is 0.303. The molecule has 1 heteroatoms. The highest BCUT2D eigenvalue weighted by atomic mass is 35.5. The monoisotopic (exact) mass is 119 g/mol. The van der Waals surface area contributed by atoms with Crippen molar-refractivity contribution in [3.8, 4) is 0 Å². The van der Waals surface area contributed by atoms with Crippen LogP contribution in [0.1, 0.15) is 25.7 Å². The van der Waals surface area contributed by atoms with Crippen LogP contribution in [0.25, 0.3) is 0 Å². The summed E-state index contributed by atoms with van der Waals surface area (Å²) in [5.41, 5.74) is 0. The van der Waals surface area contributed by atoms with E-state index in [1.54, 1.807) is 0 Å². The molecule has 0 aliphatic heterocycles. The molecular weight excluding hydrogens is 108 g/mol. The zero-order valence-electron chi connectivity index (χ0n) is 4.62. The Bertz CT molecular complexity index is 23.4. The van der Waals surface area contributed by atoms with Crippen LogP contribution in [0.2, 0.25) is 0 Å². The van der Waals surface area contributed by atoms with Crippen LogP contribution in [0.3, 0.4) is 0 Å². The SMILES string of the molecule is [CH2-]CCCCCCl. The molecule has 0 fully saturated rings. The van der Waals surface area contributed by atoms with E-state index in [1.807, 2.05) is 0 Å². The molecule has 0 heterocycles. The molecule has 44 valence electrons. The highest BCUT2D eigenvalue weighted by Gasteiger charge is 1.78. The summed E-state index contributed by atoms with van der Waals surface area (Å²) in [5.74, 6) is 0.806. The normalized spacial score (nSPS) is 9.43. The first-order valence-corrected chi connectivity index (χ1v) is 3.30. The third-order valence-corrected chi connectivity index (χ3v) is 1.15. The summed E-state index contributed by atoms with van der Waals surface area (Å²) in [6.07, 6.45) is 4.67. The number of hydrogen-bond donors (Lipinski definition) is 0. The van der Waals surface area contributed by atoms with Crippen LogP contribution in [0.15, 0.2) is 0 Å². The minimum absolute atomic E-state index is 0.806. The molecule has 0 saturated heterocycles. The lowest BCUT2D eigenvalue weighted by Crippen LogP contribution is -1.74. The van der Waals surface area contributed by atoms with Gasteiger partial charge >= 0.3 is 0 Å². The predicted octanol–water partition coefficient (Wildman–Crippen LogP) is 2.62. The Morgan fingerprint density at radius 3 is 2.29 bits per heavy atom. The Kier molecular flexibility index (Phi) is 6.55. The maximum absolute atomic E-state index is 5.42. The van der Waals surface area contributed by atoms with Gasteiger partial charge in [0.05, 0.1) is 0 Å². The first-order chi connectivity index (χ1) is 3.41. The van der Waals surface area contributed by atoms with Gasteiger partial charge in [-0.05, 0) is 6.42 Å². The maximum Gasteiger partial charge on any atom is 0.0223 e. The molecule has 0 spiro atoms. The minimum atomic E-state index is 0.806. The third-order valence-electron chi connectivity index (χ3n) is 0.884. The van der Waals surface area contributed by atoms with E-state index in [-0.39, 0.29) is 0 Å². The lowest BCUT2D eigenvalue weighted by atomic mass is 10.2. The van der Waals surface area contributed by atoms with Crippen molar-refractivity contribution in [1.29, 1.82) is 0 Å². The van der Waals surface area contributed by atoms with Crippen molar-refractivity contribution in [3.05, 3.63) is 6.92 Å². The molecule has 7 heavy (non-hydrogen) atoms. The van der Waals surface area contributed by atoms with Gasteiger partial charge < -0.3 is 6.92 Å². The topological polar surface area (TPSA) is 0 Å². The molecule has 0 aromatic heterocycles. The Hall–Kier alpha value is 0.290. The van der Waals surface area contributed by atoms with Crippen molar-refractivity contribution in [2.24, 2.45) is 0 Å². The van der Waals surface area contributed by atoms with Crippen molar-refractivity contribution in [3.63, 3.8) is 0 Å². The summed E-state index contributed by atoms with van der Waals surface area (Å²) in [6.45, 7) is 3.71. The van der Waals surface area contributed by atoms with Gasteiger partial charge in [0.25, 0.3) is 0 Å². The molecule has 0 aliphatic carbocycles. The van der Waals surface area contributed by atoms with Crippen LogP contribution >= 0.6 is 11.6 Å². The molecule has 0 bridgehead atoms. The summed E-state index contributed by atoms with van der Waals surface area (Å²) >= 11 is 5.42. The van der Waals surface area contributed by atoms with Gasteiger partial charge in [-0.2, -0.15) is 6.42 Å². The van der Waals surface area contributed by atoms with Gasteiger partial charge in [-0.1, -0.05) is 12.8 Å². The van der Waals surface area contributed by atoms with Crippen molar-refractivity contribution in [1.82, 2.24) is 0 Å². The third kappa shape index (κ3) is 6.29. The zero-order chi connectivity index (χ0) is 5.54. The summed E-state index contributed by atoms with van der Waals surface area (Å²) in [6, 6.07) is 0. The highest BCUT2D eigenvalue weighted by Crippen LogP contribution is 1.98. The fourth-order valence-corrected chi connectivity index (χ4v) is 0.637. The molecule has 0 atom stereocenters. The molecule has 0 radical (unpaired) electrons. The fourth-order valence-electron chi connectivity index (χ4n) is 0.448. The fraction of sp³-hybridized carbons (Fsp3) is 0.833. The molecule has 0 amide bonds. The van der Waals surface area contributed by atoms with E-state index in [1.165, 1.54) is 12.8 Å². The smallest absolute Gasteiger partial charge is 0.0223 e. The van der Waals surface area contributed by atoms with E-state index in [9.17, 15) is 0 Å². The Balaban J connectivity index is 2.45. The molecular formula is C6H12Cl-. The van der Waals surface area contributed by atoms with Gasteiger partial charge in [0.2, 0.25) is 0 Å². The first-order valence-electron chi connectivity index (χ1n) is 2.77. The van der Waals surface area contributed by atoms with E-state index >= 15 is 0 Å². The Morgan fingerprint density at radius 1 is 1.14 bits per heavy atom. The van der Waals surface area contributed by atoms with Crippen molar-refractivity contribution < 1.29 is 0 Å². The standard InChI is InChI=1S/C6H12Cl/c1-2-3-4-5-6-7/h1-6H2/q-1. The number of halogens is 1. The lowest BCUT2D eigenvalue weighted by molar-refractivity contribution is 0.731. The van der Waals surface area contributed by atoms with E-state index in [2.05, 4.69) is 6.92 Å². The first kappa shape index (κ1) is 7.29. The van der Waals surface area contributed by atoms with Crippen molar-refractivity contribution in [2.45, 2.75) is 25.7 Å². The molecule has 0 N–H and O–H groups in total. The molecule has 0 saturated carbocycles. The predicted molar refractivity (Wildman–Crippen MR) is 34.5 cm³/mol. The molecule has 0 nitrogen and oxygen atoms in total. The summed E-state index contributed by atoms with van der Waals surface area (Å²) in [7, 11) is 0. The Labute approximate surface area is 50.9 Å². The average molecular weight is 120 g/mol. The number of hydrogen-bond acceptors (Lipinski definition) is 0. The highest BCUT2D eigenvalue weighted by molar-refractivity contribution is 6.17. The van der Waals surface area contributed by atoms with Gasteiger partial charge in [0.15, 0.2) is 0 Å². The second-order valence-electron chi connectivity index (χ2n) is 1.60. The number of unbranched alkanes of at least 4 members (excludes halogenated alkanes) is 3. The summed E-state index contributed by atoms with van der Waals surface area (Å²) < 4.78 is 0.